The molecule has 0 aliphatic carbocycles. The van der Waals surface area contributed by atoms with E-state index in [1.54, 1.807) is 6.07 Å². The van der Waals surface area contributed by atoms with Crippen LogP contribution in [-0.2, 0) is 11.3 Å². The first kappa shape index (κ1) is 20.6. The number of guanidine groups is 1. The third-order valence-corrected chi connectivity index (χ3v) is 4.16. The van der Waals surface area contributed by atoms with Gasteiger partial charge in [0.1, 0.15) is 5.82 Å². The van der Waals surface area contributed by atoms with Crippen LogP contribution in [0.15, 0.2) is 27.7 Å². The molecule has 1 fully saturated rings. The van der Waals surface area contributed by atoms with E-state index in [1.165, 1.54) is 6.07 Å². The SMILES string of the molecule is CCNC(=NCc1ccc(Br)cc1F)N(C)CC1CCOC1.I. The van der Waals surface area contributed by atoms with E-state index in [0.29, 0.717) is 18.0 Å². The topological polar surface area (TPSA) is 36.9 Å². The smallest absolute Gasteiger partial charge is 0.193 e. The third-order valence-electron chi connectivity index (χ3n) is 3.67. The Morgan fingerprint density at radius 3 is 2.91 bits per heavy atom. The molecule has 1 heterocycles. The van der Waals surface area contributed by atoms with Crippen molar-refractivity contribution in [2.24, 2.45) is 10.9 Å². The molecule has 0 bridgehead atoms. The Hall–Kier alpha value is -0.410. The zero-order chi connectivity index (χ0) is 15.9. The molecule has 0 spiro atoms. The highest BCUT2D eigenvalue weighted by Gasteiger charge is 2.19. The Labute approximate surface area is 163 Å². The fourth-order valence-electron chi connectivity index (χ4n) is 2.48. The van der Waals surface area contributed by atoms with Crippen LogP contribution in [0.4, 0.5) is 4.39 Å². The first-order valence-electron chi connectivity index (χ1n) is 7.61. The average molecular weight is 500 g/mol. The van der Waals surface area contributed by atoms with E-state index >= 15 is 0 Å². The first-order chi connectivity index (χ1) is 10.6. The van der Waals surface area contributed by atoms with E-state index in [2.05, 4.69) is 31.1 Å². The summed E-state index contributed by atoms with van der Waals surface area (Å²) in [5.41, 5.74) is 0.594. The maximum Gasteiger partial charge on any atom is 0.193 e. The molecule has 7 heteroatoms. The van der Waals surface area contributed by atoms with E-state index in [1.807, 2.05) is 20.0 Å². The van der Waals surface area contributed by atoms with Crippen LogP contribution >= 0.6 is 39.9 Å². The highest BCUT2D eigenvalue weighted by atomic mass is 127. The lowest BCUT2D eigenvalue weighted by atomic mass is 10.1. The van der Waals surface area contributed by atoms with Crippen molar-refractivity contribution < 1.29 is 9.13 Å². The maximum atomic E-state index is 13.9. The van der Waals surface area contributed by atoms with Gasteiger partial charge in [0, 0.05) is 42.7 Å². The largest absolute Gasteiger partial charge is 0.381 e. The lowest BCUT2D eigenvalue weighted by molar-refractivity contribution is 0.181. The number of hydrogen-bond acceptors (Lipinski definition) is 2. The lowest BCUT2D eigenvalue weighted by Crippen LogP contribution is -2.41. The molecule has 1 unspecified atom stereocenters. The van der Waals surface area contributed by atoms with Crippen LogP contribution in [0, 0.1) is 11.7 Å². The second-order valence-corrected chi connectivity index (χ2v) is 6.43. The number of ether oxygens (including phenoxy) is 1. The summed E-state index contributed by atoms with van der Waals surface area (Å²) < 4.78 is 20.0. The second kappa shape index (κ2) is 10.5. The second-order valence-electron chi connectivity index (χ2n) is 5.52. The molecule has 1 aliphatic heterocycles. The van der Waals surface area contributed by atoms with Gasteiger partial charge in [0.05, 0.1) is 13.2 Å². The summed E-state index contributed by atoms with van der Waals surface area (Å²) >= 11 is 3.27. The molecule has 1 atom stereocenters. The number of nitrogens with one attached hydrogen (secondary N) is 1. The molecule has 0 saturated carbocycles. The molecular formula is C16H24BrFIN3O. The summed E-state index contributed by atoms with van der Waals surface area (Å²) in [5, 5.41) is 3.26. The molecule has 1 saturated heterocycles. The summed E-state index contributed by atoms with van der Waals surface area (Å²) in [6, 6.07) is 5.06. The molecule has 0 radical (unpaired) electrons. The van der Waals surface area contributed by atoms with Gasteiger partial charge in [-0.3, -0.25) is 0 Å². The molecule has 4 nitrogen and oxygen atoms in total. The Balaban J connectivity index is 0.00000264. The third kappa shape index (κ3) is 6.54. The van der Waals surface area contributed by atoms with E-state index in [0.717, 1.165) is 43.2 Å². The van der Waals surface area contributed by atoms with Gasteiger partial charge in [-0.1, -0.05) is 22.0 Å². The Bertz CT molecular complexity index is 524. The van der Waals surface area contributed by atoms with Gasteiger partial charge in [-0.15, -0.1) is 24.0 Å². The van der Waals surface area contributed by atoms with Crippen LogP contribution in [0.2, 0.25) is 0 Å². The minimum atomic E-state index is -0.235. The number of nitrogens with zero attached hydrogens (tertiary/aromatic N) is 2. The zero-order valence-electron chi connectivity index (χ0n) is 13.5. The van der Waals surface area contributed by atoms with Gasteiger partial charge in [0.25, 0.3) is 0 Å². The van der Waals surface area contributed by atoms with Crippen molar-refractivity contribution in [3.8, 4) is 0 Å². The molecule has 1 aliphatic rings. The van der Waals surface area contributed by atoms with Crippen LogP contribution in [0.3, 0.4) is 0 Å². The van der Waals surface area contributed by atoms with E-state index in [4.69, 9.17) is 4.74 Å². The number of halogens is 3. The van der Waals surface area contributed by atoms with Crippen molar-refractivity contribution in [3.05, 3.63) is 34.1 Å². The van der Waals surface area contributed by atoms with Crippen molar-refractivity contribution in [3.63, 3.8) is 0 Å². The van der Waals surface area contributed by atoms with Crippen molar-refractivity contribution in [1.82, 2.24) is 10.2 Å². The van der Waals surface area contributed by atoms with Crippen molar-refractivity contribution in [2.45, 2.75) is 19.9 Å². The van der Waals surface area contributed by atoms with Gasteiger partial charge in [0.15, 0.2) is 5.96 Å². The van der Waals surface area contributed by atoms with Gasteiger partial charge >= 0.3 is 0 Å². The van der Waals surface area contributed by atoms with Crippen molar-refractivity contribution in [1.29, 1.82) is 0 Å². The number of benzene rings is 1. The predicted molar refractivity (Wildman–Crippen MR) is 106 cm³/mol. The van der Waals surface area contributed by atoms with Gasteiger partial charge in [0.2, 0.25) is 0 Å². The Morgan fingerprint density at radius 1 is 1.52 bits per heavy atom. The average Bonchev–Trinajstić information content (AvgIpc) is 2.97. The van der Waals surface area contributed by atoms with E-state index in [-0.39, 0.29) is 29.8 Å². The number of rotatable bonds is 5. The minimum absolute atomic E-state index is 0. The number of aliphatic imine (C=N–C) groups is 1. The number of hydrogen-bond donors (Lipinski definition) is 1. The highest BCUT2D eigenvalue weighted by molar-refractivity contribution is 14.0. The predicted octanol–water partition coefficient (Wildman–Crippen LogP) is 3.64. The molecule has 1 aromatic rings. The Morgan fingerprint density at radius 2 is 2.30 bits per heavy atom. The minimum Gasteiger partial charge on any atom is -0.381 e. The zero-order valence-corrected chi connectivity index (χ0v) is 17.4. The van der Waals surface area contributed by atoms with Gasteiger partial charge in [-0.2, -0.15) is 0 Å². The maximum absolute atomic E-state index is 13.9. The quantitative estimate of drug-likeness (QED) is 0.382. The molecule has 0 amide bonds. The van der Waals surface area contributed by atoms with Crippen LogP contribution < -0.4 is 5.32 Å². The van der Waals surface area contributed by atoms with Gasteiger partial charge in [-0.25, -0.2) is 9.38 Å². The summed E-state index contributed by atoms with van der Waals surface area (Å²) in [6.45, 7) is 5.69. The monoisotopic (exact) mass is 499 g/mol. The van der Waals surface area contributed by atoms with Gasteiger partial charge in [-0.05, 0) is 25.5 Å². The molecule has 130 valence electrons. The molecule has 0 aromatic heterocycles. The van der Waals surface area contributed by atoms with E-state index in [9.17, 15) is 4.39 Å². The molecule has 1 N–H and O–H groups in total. The molecule has 23 heavy (non-hydrogen) atoms. The fraction of sp³-hybridized carbons (Fsp3) is 0.562. The molecular weight excluding hydrogens is 476 g/mol. The molecule has 1 aromatic carbocycles. The standard InChI is InChI=1S/C16H23BrFN3O.HI/c1-3-19-16(21(2)10-12-6-7-22-11-12)20-9-13-4-5-14(17)8-15(13)18;/h4-5,8,12H,3,6-7,9-11H2,1-2H3,(H,19,20);1H. The van der Waals surface area contributed by atoms with E-state index < -0.39 is 0 Å². The normalized spacial score (nSPS) is 17.7. The van der Waals surface area contributed by atoms with Gasteiger partial charge < -0.3 is 15.0 Å². The van der Waals surface area contributed by atoms with Crippen LogP contribution in [0.1, 0.15) is 18.9 Å². The fourth-order valence-corrected chi connectivity index (χ4v) is 2.81. The van der Waals surface area contributed by atoms with Crippen molar-refractivity contribution >= 4 is 45.9 Å². The molecule has 2 rings (SSSR count). The summed E-state index contributed by atoms with van der Waals surface area (Å²) in [5.74, 6) is 1.11. The first-order valence-corrected chi connectivity index (χ1v) is 8.40. The lowest BCUT2D eigenvalue weighted by Gasteiger charge is -2.24. The van der Waals surface area contributed by atoms with Crippen LogP contribution in [-0.4, -0.2) is 44.2 Å². The highest BCUT2D eigenvalue weighted by Crippen LogP contribution is 2.16. The Kier molecular flexibility index (Phi) is 9.38. The van der Waals surface area contributed by atoms with Crippen LogP contribution in [0.5, 0.6) is 0 Å². The summed E-state index contributed by atoms with van der Waals surface area (Å²) in [7, 11) is 2.01. The van der Waals surface area contributed by atoms with Crippen molar-refractivity contribution in [2.75, 3.05) is 33.4 Å². The summed E-state index contributed by atoms with van der Waals surface area (Å²) in [4.78, 5) is 6.65. The summed E-state index contributed by atoms with van der Waals surface area (Å²) in [6.07, 6.45) is 1.09. The van der Waals surface area contributed by atoms with Crippen LogP contribution in [0.25, 0.3) is 0 Å².